The van der Waals surface area contributed by atoms with E-state index in [2.05, 4.69) is 34.8 Å². The monoisotopic (exact) mass is 552 g/mol. The van der Waals surface area contributed by atoms with Gasteiger partial charge in [0.25, 0.3) is 0 Å². The standard InChI is InChI=1S/2C15H24N2O.Fe/c2*1-2-3-4-5-6-7-8-12-15(17-18)14-11-9-10-13-16-14;/h2*9-11,13,16H,2-8,12H2,1H3;. The molecule has 0 aromatic heterocycles. The maximum Gasteiger partial charge on any atom is 0.108 e. The fourth-order valence-corrected chi connectivity index (χ4v) is 4.10. The van der Waals surface area contributed by atoms with E-state index < -0.39 is 0 Å². The summed E-state index contributed by atoms with van der Waals surface area (Å²) < 4.78 is 0. The van der Waals surface area contributed by atoms with E-state index >= 15 is 0 Å². The van der Waals surface area contributed by atoms with Crippen molar-refractivity contribution in [1.29, 1.82) is 0 Å². The molecule has 0 spiro atoms. The summed E-state index contributed by atoms with van der Waals surface area (Å²) in [6, 6.07) is 0. The zero-order chi connectivity index (χ0) is 26.1. The van der Waals surface area contributed by atoms with Gasteiger partial charge in [0.05, 0.1) is 11.4 Å². The minimum atomic E-state index is 0. The molecule has 37 heavy (non-hydrogen) atoms. The smallest absolute Gasteiger partial charge is 0.108 e. The predicted octanol–water partition coefficient (Wildman–Crippen LogP) is 9.55. The number of nitroso groups, excluding NO2 is 2. The van der Waals surface area contributed by atoms with E-state index in [9.17, 15) is 9.81 Å². The maximum absolute atomic E-state index is 10.8. The molecule has 0 aromatic rings. The summed E-state index contributed by atoms with van der Waals surface area (Å²) in [7, 11) is 0. The normalized spacial score (nSPS) is 16.1. The van der Waals surface area contributed by atoms with Crippen LogP contribution in [-0.4, -0.2) is 0 Å². The van der Waals surface area contributed by atoms with Gasteiger partial charge in [-0.25, -0.2) is 0 Å². The zero-order valence-corrected chi connectivity index (χ0v) is 24.1. The molecule has 0 unspecified atom stereocenters. The molecule has 0 fully saturated rings. The average molecular weight is 553 g/mol. The van der Waals surface area contributed by atoms with Crippen LogP contribution >= 0.6 is 0 Å². The van der Waals surface area contributed by atoms with Gasteiger partial charge in [-0.05, 0) is 60.3 Å². The molecule has 2 rings (SSSR count). The summed E-state index contributed by atoms with van der Waals surface area (Å²) in [5.41, 5.74) is 2.98. The first-order chi connectivity index (χ1) is 17.8. The average Bonchev–Trinajstić information content (AvgIpc) is 2.93. The number of hydrogen-bond acceptors (Lipinski definition) is 6. The second kappa shape index (κ2) is 25.4. The number of nitrogens with zero attached hydrogens (tertiary/aromatic N) is 2. The van der Waals surface area contributed by atoms with E-state index in [-0.39, 0.29) is 17.1 Å². The molecule has 0 saturated carbocycles. The summed E-state index contributed by atoms with van der Waals surface area (Å²) in [5, 5.41) is 12.4. The second-order valence-corrected chi connectivity index (χ2v) is 9.37. The van der Waals surface area contributed by atoms with Gasteiger partial charge in [-0.15, -0.1) is 9.81 Å². The Morgan fingerprint density at radius 2 is 0.919 bits per heavy atom. The van der Waals surface area contributed by atoms with Crippen molar-refractivity contribution in [1.82, 2.24) is 10.6 Å². The largest absolute Gasteiger partial charge is 0.360 e. The van der Waals surface area contributed by atoms with E-state index in [1.54, 1.807) is 0 Å². The van der Waals surface area contributed by atoms with Crippen LogP contribution in [0.5, 0.6) is 0 Å². The molecule has 6 nitrogen and oxygen atoms in total. The number of dihydropyridines is 2. The molecule has 2 heterocycles. The molecule has 208 valence electrons. The molecular weight excluding hydrogens is 504 g/mol. The van der Waals surface area contributed by atoms with Gasteiger partial charge in [0.1, 0.15) is 11.4 Å². The molecule has 0 amide bonds. The number of nitrogens with one attached hydrogen (secondary N) is 2. The van der Waals surface area contributed by atoms with Crippen molar-refractivity contribution in [2.75, 3.05) is 0 Å². The number of allylic oxidation sites excluding steroid dienone is 8. The van der Waals surface area contributed by atoms with E-state index in [4.69, 9.17) is 0 Å². The van der Waals surface area contributed by atoms with Crippen LogP contribution in [0.4, 0.5) is 0 Å². The van der Waals surface area contributed by atoms with Crippen LogP contribution in [0.3, 0.4) is 0 Å². The van der Waals surface area contributed by atoms with Crippen molar-refractivity contribution in [2.45, 2.75) is 117 Å². The van der Waals surface area contributed by atoms with E-state index in [1.165, 1.54) is 77.0 Å². The molecule has 7 heteroatoms. The van der Waals surface area contributed by atoms with Gasteiger partial charge in [0, 0.05) is 29.5 Å². The molecule has 0 aromatic carbocycles. The molecular formula is C30H48FeN4O2. The van der Waals surface area contributed by atoms with E-state index in [0.717, 1.165) is 37.1 Å². The Bertz CT molecular complexity index is 731. The van der Waals surface area contributed by atoms with Gasteiger partial charge in [0.2, 0.25) is 0 Å². The van der Waals surface area contributed by atoms with Crippen molar-refractivity contribution in [3.63, 3.8) is 0 Å². The third-order valence-corrected chi connectivity index (χ3v) is 6.29. The minimum Gasteiger partial charge on any atom is -0.360 e. The third-order valence-electron chi connectivity index (χ3n) is 6.29. The van der Waals surface area contributed by atoms with Crippen LogP contribution in [0.25, 0.3) is 0 Å². The van der Waals surface area contributed by atoms with Crippen molar-refractivity contribution in [3.8, 4) is 0 Å². The Balaban J connectivity index is 0.000000682. The van der Waals surface area contributed by atoms with E-state index in [1.807, 2.05) is 48.9 Å². The Kier molecular flexibility index (Phi) is 23.9. The molecule has 2 aliphatic heterocycles. The van der Waals surface area contributed by atoms with Crippen LogP contribution in [0, 0.1) is 9.81 Å². The first-order valence-corrected chi connectivity index (χ1v) is 14.1. The SMILES string of the molecule is CCCCCCCCCC(N=O)=C1C=CC=CN1.CCCCCCCCCC(N=O)=C1C=CC=CN1.[Fe]. The molecule has 0 saturated heterocycles. The number of hydrogen-bond donors (Lipinski definition) is 2. The Morgan fingerprint density at radius 1 is 0.568 bits per heavy atom. The Morgan fingerprint density at radius 3 is 1.22 bits per heavy atom. The molecule has 0 aliphatic carbocycles. The fourth-order valence-electron chi connectivity index (χ4n) is 4.10. The fraction of sp³-hybridized carbons (Fsp3) is 0.600. The van der Waals surface area contributed by atoms with E-state index in [0.29, 0.717) is 11.4 Å². The summed E-state index contributed by atoms with van der Waals surface area (Å²) in [4.78, 5) is 21.6. The van der Waals surface area contributed by atoms with Crippen molar-refractivity contribution in [2.24, 2.45) is 10.4 Å². The van der Waals surface area contributed by atoms with Gasteiger partial charge in [0.15, 0.2) is 0 Å². The van der Waals surface area contributed by atoms with Crippen LogP contribution in [0.15, 0.2) is 82.0 Å². The van der Waals surface area contributed by atoms with Crippen LogP contribution in [0.1, 0.15) is 117 Å². The Hall–Kier alpha value is -2.24. The molecule has 0 atom stereocenters. The Labute approximate surface area is 235 Å². The summed E-state index contributed by atoms with van der Waals surface area (Å²) in [6.45, 7) is 4.46. The molecule has 2 N–H and O–H groups in total. The first kappa shape index (κ1) is 34.8. The molecule has 2 aliphatic rings. The molecule has 0 bridgehead atoms. The van der Waals surface area contributed by atoms with Gasteiger partial charge < -0.3 is 10.6 Å². The third kappa shape index (κ3) is 17.8. The minimum absolute atomic E-state index is 0. The zero-order valence-electron chi connectivity index (χ0n) is 23.0. The van der Waals surface area contributed by atoms with Gasteiger partial charge in [-0.1, -0.05) is 103 Å². The second-order valence-electron chi connectivity index (χ2n) is 9.37. The topological polar surface area (TPSA) is 82.9 Å². The van der Waals surface area contributed by atoms with Crippen LogP contribution in [-0.2, 0) is 17.1 Å². The van der Waals surface area contributed by atoms with Crippen molar-refractivity contribution < 1.29 is 17.1 Å². The molecule has 0 radical (unpaired) electrons. The van der Waals surface area contributed by atoms with Gasteiger partial charge in [-0.2, -0.15) is 0 Å². The van der Waals surface area contributed by atoms with Gasteiger partial charge >= 0.3 is 0 Å². The summed E-state index contributed by atoms with van der Waals surface area (Å²) >= 11 is 0. The predicted molar refractivity (Wildman–Crippen MR) is 154 cm³/mol. The summed E-state index contributed by atoms with van der Waals surface area (Å²) in [6.07, 6.45) is 34.2. The first-order valence-electron chi connectivity index (χ1n) is 14.1. The van der Waals surface area contributed by atoms with Crippen LogP contribution < -0.4 is 10.6 Å². The number of unbranched alkanes of at least 4 members (excludes halogenated alkanes) is 12. The van der Waals surface area contributed by atoms with Gasteiger partial charge in [-0.3, -0.25) is 0 Å². The van der Waals surface area contributed by atoms with Crippen LogP contribution in [0.2, 0.25) is 0 Å². The van der Waals surface area contributed by atoms with Crippen molar-refractivity contribution >= 4 is 0 Å². The summed E-state index contributed by atoms with van der Waals surface area (Å²) in [5.74, 6) is 0. The maximum atomic E-state index is 10.8. The van der Waals surface area contributed by atoms with Crippen molar-refractivity contribution in [3.05, 3.63) is 81.5 Å². The quantitative estimate of drug-likeness (QED) is 0.101. The number of rotatable bonds is 18.